The van der Waals surface area contributed by atoms with Crippen LogP contribution in [0.15, 0.2) is 42.0 Å². The minimum Gasteiger partial charge on any atom is -0.312 e. The molecule has 0 aromatic heterocycles. The van der Waals surface area contributed by atoms with Gasteiger partial charge in [-0.15, -0.1) is 0 Å². The summed E-state index contributed by atoms with van der Waals surface area (Å²) in [7, 11) is 0. The summed E-state index contributed by atoms with van der Waals surface area (Å²) in [4.78, 5) is 14.1. The first-order chi connectivity index (χ1) is 7.68. The molecule has 84 valence electrons. The number of para-hydroxylation sites is 1. The second kappa shape index (κ2) is 4.52. The lowest BCUT2D eigenvalue weighted by molar-refractivity contribution is -0.120. The minimum absolute atomic E-state index is 0.0114. The average Bonchev–Trinajstić information content (AvgIpc) is 2.41. The molecule has 2 nitrogen and oxygen atoms in total. The monoisotopic (exact) mass is 215 g/mol. The molecule has 0 N–H and O–H groups in total. The zero-order valence-electron chi connectivity index (χ0n) is 9.81. The molecule has 1 aromatic carbocycles. The molecule has 1 amide bonds. The molecule has 0 saturated heterocycles. The van der Waals surface area contributed by atoms with Crippen molar-refractivity contribution >= 4 is 11.6 Å². The van der Waals surface area contributed by atoms with Gasteiger partial charge < -0.3 is 4.90 Å². The molecular formula is C14H17NO. The van der Waals surface area contributed by atoms with E-state index in [9.17, 15) is 4.79 Å². The van der Waals surface area contributed by atoms with Gasteiger partial charge in [0.05, 0.1) is 5.92 Å². The van der Waals surface area contributed by atoms with Crippen molar-refractivity contribution in [2.75, 3.05) is 11.4 Å². The van der Waals surface area contributed by atoms with E-state index in [1.54, 1.807) is 0 Å². The molecule has 1 aliphatic heterocycles. The van der Waals surface area contributed by atoms with Crippen LogP contribution in [0.5, 0.6) is 0 Å². The Kier molecular flexibility index (Phi) is 3.09. The van der Waals surface area contributed by atoms with Crippen molar-refractivity contribution in [2.24, 2.45) is 5.92 Å². The molecule has 2 heteroatoms. The molecule has 0 aliphatic carbocycles. The number of hydrogen-bond donors (Lipinski definition) is 0. The molecule has 2 rings (SSSR count). The third kappa shape index (κ3) is 2.16. The first kappa shape index (κ1) is 10.9. The highest BCUT2D eigenvalue weighted by molar-refractivity contribution is 5.96. The predicted molar refractivity (Wildman–Crippen MR) is 66.3 cm³/mol. The molecule has 1 atom stereocenters. The molecule has 1 aliphatic rings. The normalized spacial score (nSPS) is 21.6. The van der Waals surface area contributed by atoms with Crippen molar-refractivity contribution in [2.45, 2.75) is 20.3 Å². The molecule has 0 bridgehead atoms. The third-order valence-electron chi connectivity index (χ3n) is 2.99. The zero-order chi connectivity index (χ0) is 11.5. The highest BCUT2D eigenvalue weighted by atomic mass is 16.2. The Morgan fingerprint density at radius 2 is 1.94 bits per heavy atom. The van der Waals surface area contributed by atoms with E-state index in [1.165, 1.54) is 5.57 Å². The molecule has 1 aromatic rings. The van der Waals surface area contributed by atoms with Crippen LogP contribution >= 0.6 is 0 Å². The topological polar surface area (TPSA) is 20.3 Å². The summed E-state index contributed by atoms with van der Waals surface area (Å²) >= 11 is 0. The van der Waals surface area contributed by atoms with Gasteiger partial charge in [-0.25, -0.2) is 0 Å². The molecule has 1 heterocycles. The summed E-state index contributed by atoms with van der Waals surface area (Å²) in [6, 6.07) is 9.90. The summed E-state index contributed by atoms with van der Waals surface area (Å²) in [5.74, 6) is 0.186. The van der Waals surface area contributed by atoms with Crippen LogP contribution in [0.1, 0.15) is 20.3 Å². The number of nitrogens with zero attached hydrogens (tertiary/aromatic N) is 1. The van der Waals surface area contributed by atoms with Crippen molar-refractivity contribution in [3.8, 4) is 0 Å². The number of carbonyl (C=O) groups excluding carboxylic acids is 1. The first-order valence-corrected chi connectivity index (χ1v) is 5.72. The molecule has 0 spiro atoms. The lowest BCUT2D eigenvalue weighted by Crippen LogP contribution is -2.34. The van der Waals surface area contributed by atoms with Gasteiger partial charge in [-0.2, -0.15) is 0 Å². The smallest absolute Gasteiger partial charge is 0.233 e. The lowest BCUT2D eigenvalue weighted by Gasteiger charge is -2.22. The summed E-state index contributed by atoms with van der Waals surface area (Å²) < 4.78 is 0. The molecular weight excluding hydrogens is 198 g/mol. The Morgan fingerprint density at radius 1 is 1.25 bits per heavy atom. The SMILES string of the molecule is CC1=C[C@H](C)C(=O)N(c2ccccc2)CC1. The van der Waals surface area contributed by atoms with Crippen LogP contribution < -0.4 is 4.90 Å². The zero-order valence-corrected chi connectivity index (χ0v) is 9.81. The maximum Gasteiger partial charge on any atom is 0.233 e. The van der Waals surface area contributed by atoms with E-state index >= 15 is 0 Å². The van der Waals surface area contributed by atoms with Crippen LogP contribution in [0, 0.1) is 5.92 Å². The van der Waals surface area contributed by atoms with Gasteiger partial charge in [0.15, 0.2) is 0 Å². The number of anilines is 1. The summed E-state index contributed by atoms with van der Waals surface area (Å²) in [5, 5.41) is 0. The average molecular weight is 215 g/mol. The Hall–Kier alpha value is -1.57. The van der Waals surface area contributed by atoms with Crippen molar-refractivity contribution in [3.63, 3.8) is 0 Å². The van der Waals surface area contributed by atoms with Crippen LogP contribution in [0.4, 0.5) is 5.69 Å². The van der Waals surface area contributed by atoms with E-state index in [0.29, 0.717) is 0 Å². The Balaban J connectivity index is 2.27. The number of benzene rings is 1. The van der Waals surface area contributed by atoms with E-state index < -0.39 is 0 Å². The number of amides is 1. The summed E-state index contributed by atoms with van der Waals surface area (Å²) in [6.07, 6.45) is 3.04. The fraction of sp³-hybridized carbons (Fsp3) is 0.357. The fourth-order valence-electron chi connectivity index (χ4n) is 2.09. The second-order valence-corrected chi connectivity index (χ2v) is 4.38. The predicted octanol–water partition coefficient (Wildman–Crippen LogP) is 3.01. The van der Waals surface area contributed by atoms with E-state index in [0.717, 1.165) is 18.7 Å². The van der Waals surface area contributed by atoms with Gasteiger partial charge in [0, 0.05) is 12.2 Å². The number of hydrogen-bond acceptors (Lipinski definition) is 1. The second-order valence-electron chi connectivity index (χ2n) is 4.38. The summed E-state index contributed by atoms with van der Waals surface area (Å²) in [6.45, 7) is 4.85. The maximum atomic E-state index is 12.2. The van der Waals surface area contributed by atoms with Crippen molar-refractivity contribution in [1.82, 2.24) is 0 Å². The van der Waals surface area contributed by atoms with Gasteiger partial charge in [-0.3, -0.25) is 4.79 Å². The van der Waals surface area contributed by atoms with Crippen molar-refractivity contribution < 1.29 is 4.79 Å². The first-order valence-electron chi connectivity index (χ1n) is 5.72. The van der Waals surface area contributed by atoms with Gasteiger partial charge in [0.1, 0.15) is 0 Å². The van der Waals surface area contributed by atoms with Crippen LogP contribution in [-0.2, 0) is 4.79 Å². The van der Waals surface area contributed by atoms with Crippen LogP contribution in [0.2, 0.25) is 0 Å². The van der Waals surface area contributed by atoms with Crippen LogP contribution in [0.3, 0.4) is 0 Å². The van der Waals surface area contributed by atoms with Gasteiger partial charge in [-0.1, -0.05) is 36.8 Å². The maximum absolute atomic E-state index is 12.2. The van der Waals surface area contributed by atoms with Crippen molar-refractivity contribution in [3.05, 3.63) is 42.0 Å². The highest BCUT2D eigenvalue weighted by Gasteiger charge is 2.22. The van der Waals surface area contributed by atoms with Crippen LogP contribution in [0.25, 0.3) is 0 Å². The fourth-order valence-corrected chi connectivity index (χ4v) is 2.09. The van der Waals surface area contributed by atoms with Gasteiger partial charge in [-0.05, 0) is 25.5 Å². The third-order valence-corrected chi connectivity index (χ3v) is 2.99. The number of rotatable bonds is 1. The number of carbonyl (C=O) groups is 1. The van der Waals surface area contributed by atoms with Gasteiger partial charge in [0.2, 0.25) is 5.91 Å². The molecule has 0 fully saturated rings. The highest BCUT2D eigenvalue weighted by Crippen LogP contribution is 2.22. The van der Waals surface area contributed by atoms with E-state index in [4.69, 9.17) is 0 Å². The molecule has 0 saturated carbocycles. The van der Waals surface area contributed by atoms with Crippen molar-refractivity contribution in [1.29, 1.82) is 0 Å². The van der Waals surface area contributed by atoms with Gasteiger partial charge in [0.25, 0.3) is 0 Å². The van der Waals surface area contributed by atoms with Crippen LogP contribution in [-0.4, -0.2) is 12.5 Å². The summed E-state index contributed by atoms with van der Waals surface area (Å²) in [5.41, 5.74) is 2.31. The largest absolute Gasteiger partial charge is 0.312 e. The Morgan fingerprint density at radius 3 is 2.62 bits per heavy atom. The quantitative estimate of drug-likeness (QED) is 0.659. The van der Waals surface area contributed by atoms with E-state index in [-0.39, 0.29) is 11.8 Å². The standard InChI is InChI=1S/C14H17NO/c1-11-8-9-15(14(16)12(2)10-11)13-6-4-3-5-7-13/h3-7,10,12H,8-9H2,1-2H3/t12-/m0/s1. The minimum atomic E-state index is -0.0114. The van der Waals surface area contributed by atoms with E-state index in [2.05, 4.69) is 13.0 Å². The van der Waals surface area contributed by atoms with Gasteiger partial charge >= 0.3 is 0 Å². The molecule has 0 unspecified atom stereocenters. The molecule has 0 radical (unpaired) electrons. The van der Waals surface area contributed by atoms with E-state index in [1.807, 2.05) is 42.2 Å². The molecule has 16 heavy (non-hydrogen) atoms. The Labute approximate surface area is 96.6 Å². The lowest BCUT2D eigenvalue weighted by atomic mass is 10.1. The Bertz CT molecular complexity index is 408.